The number of rotatable bonds is 6. The lowest BCUT2D eigenvalue weighted by molar-refractivity contribution is 0.336. The van der Waals surface area contributed by atoms with Gasteiger partial charge < -0.3 is 9.26 Å². The molecule has 0 unspecified atom stereocenters. The topological polar surface area (TPSA) is 85.5 Å². The van der Waals surface area contributed by atoms with Gasteiger partial charge in [0.15, 0.2) is 0 Å². The molecule has 0 amide bonds. The molecule has 2 aromatic heterocycles. The number of benzene rings is 1. The lowest BCUT2D eigenvalue weighted by Gasteiger charge is -2.18. The van der Waals surface area contributed by atoms with E-state index in [1.54, 1.807) is 26.2 Å². The summed E-state index contributed by atoms with van der Waals surface area (Å²) in [4.78, 5) is 5.37. The molecule has 0 aliphatic heterocycles. The second-order valence-corrected chi connectivity index (χ2v) is 8.73. The third-order valence-electron chi connectivity index (χ3n) is 4.16. The molecule has 0 fully saturated rings. The first-order chi connectivity index (χ1) is 12.3. The Morgan fingerprint density at radius 2 is 2.00 bits per heavy atom. The zero-order chi connectivity index (χ0) is 18.9. The summed E-state index contributed by atoms with van der Waals surface area (Å²) in [6, 6.07) is 6.98. The Kier molecular flexibility index (Phi) is 5.12. The molecule has 0 saturated carbocycles. The van der Waals surface area contributed by atoms with E-state index in [0.717, 1.165) is 10.4 Å². The Morgan fingerprint density at radius 1 is 1.23 bits per heavy atom. The number of aromatic nitrogens is 2. The van der Waals surface area contributed by atoms with E-state index in [1.807, 2.05) is 24.4 Å². The molecular weight excluding hydrogens is 374 g/mol. The molecule has 0 radical (unpaired) electrons. The van der Waals surface area contributed by atoms with E-state index in [-0.39, 0.29) is 17.3 Å². The van der Waals surface area contributed by atoms with Gasteiger partial charge in [0.25, 0.3) is 0 Å². The molecule has 3 rings (SSSR count). The van der Waals surface area contributed by atoms with E-state index < -0.39 is 10.0 Å². The first-order valence-corrected chi connectivity index (χ1v) is 10.1. The fourth-order valence-electron chi connectivity index (χ4n) is 2.54. The molecule has 0 aliphatic rings. The van der Waals surface area contributed by atoms with Crippen LogP contribution in [0, 0.1) is 13.8 Å². The lowest BCUT2D eigenvalue weighted by Crippen LogP contribution is -2.27. The van der Waals surface area contributed by atoms with Gasteiger partial charge in [0, 0.05) is 7.05 Å². The molecule has 0 spiro atoms. The summed E-state index contributed by atoms with van der Waals surface area (Å²) in [7, 11) is -0.659. The standard InChI is InChI=1S/C17H19N3O4S2/c1-11-12(2)15(8-7-13(11)23-4)26(21,22)20(3)10-16-18-17(19-24-16)14-6-5-9-25-14/h5-9H,10H2,1-4H3. The quantitative estimate of drug-likeness (QED) is 0.639. The van der Waals surface area contributed by atoms with Gasteiger partial charge in [-0.1, -0.05) is 11.2 Å². The van der Waals surface area contributed by atoms with Gasteiger partial charge in [-0.25, -0.2) is 8.42 Å². The number of nitrogens with zero attached hydrogens (tertiary/aromatic N) is 3. The molecule has 0 aliphatic carbocycles. The zero-order valence-corrected chi connectivity index (χ0v) is 16.5. The monoisotopic (exact) mass is 393 g/mol. The minimum atomic E-state index is -3.71. The maximum absolute atomic E-state index is 12.9. The van der Waals surface area contributed by atoms with Crippen LogP contribution in [0.4, 0.5) is 0 Å². The Labute approximate surface area is 156 Å². The van der Waals surface area contributed by atoms with Crippen LogP contribution in [0.5, 0.6) is 5.75 Å². The van der Waals surface area contributed by atoms with Crippen molar-refractivity contribution in [3.05, 3.63) is 46.7 Å². The van der Waals surface area contributed by atoms with E-state index in [4.69, 9.17) is 9.26 Å². The summed E-state index contributed by atoms with van der Waals surface area (Å²) in [5.74, 6) is 1.35. The van der Waals surface area contributed by atoms with Gasteiger partial charge in [-0.05, 0) is 48.6 Å². The van der Waals surface area contributed by atoms with Crippen molar-refractivity contribution >= 4 is 21.4 Å². The third kappa shape index (κ3) is 3.37. The molecule has 0 saturated heterocycles. The molecular formula is C17H19N3O4S2. The number of hydrogen-bond donors (Lipinski definition) is 0. The largest absolute Gasteiger partial charge is 0.496 e. The van der Waals surface area contributed by atoms with Crippen LogP contribution in [0.25, 0.3) is 10.7 Å². The highest BCUT2D eigenvalue weighted by Gasteiger charge is 2.26. The SMILES string of the molecule is COc1ccc(S(=O)(=O)N(C)Cc2nc(-c3cccs3)no2)c(C)c1C. The van der Waals surface area contributed by atoms with Crippen LogP contribution in [0.1, 0.15) is 17.0 Å². The minimum absolute atomic E-state index is 0.00870. The van der Waals surface area contributed by atoms with Crippen molar-refractivity contribution < 1.29 is 17.7 Å². The lowest BCUT2D eigenvalue weighted by atomic mass is 10.1. The van der Waals surface area contributed by atoms with Gasteiger partial charge in [-0.3, -0.25) is 0 Å². The van der Waals surface area contributed by atoms with Gasteiger partial charge in [-0.2, -0.15) is 9.29 Å². The van der Waals surface area contributed by atoms with Crippen molar-refractivity contribution in [1.82, 2.24) is 14.4 Å². The Balaban J connectivity index is 1.85. The zero-order valence-electron chi connectivity index (χ0n) is 14.9. The summed E-state index contributed by atoms with van der Waals surface area (Å²) >= 11 is 1.49. The normalized spacial score (nSPS) is 11.9. The molecule has 0 bridgehead atoms. The van der Waals surface area contributed by atoms with Crippen LogP contribution in [0.2, 0.25) is 0 Å². The van der Waals surface area contributed by atoms with Crippen LogP contribution in [0.3, 0.4) is 0 Å². The molecule has 2 heterocycles. The number of sulfonamides is 1. The van der Waals surface area contributed by atoms with Crippen LogP contribution in [-0.4, -0.2) is 37.0 Å². The average Bonchev–Trinajstić information content (AvgIpc) is 3.28. The molecule has 26 heavy (non-hydrogen) atoms. The number of methoxy groups -OCH3 is 1. The van der Waals surface area contributed by atoms with E-state index in [1.165, 1.54) is 22.7 Å². The Bertz CT molecular complexity index is 1010. The molecule has 9 heteroatoms. The fraction of sp³-hybridized carbons (Fsp3) is 0.294. The second kappa shape index (κ2) is 7.18. The van der Waals surface area contributed by atoms with Crippen LogP contribution >= 0.6 is 11.3 Å². The van der Waals surface area contributed by atoms with Gasteiger partial charge in [0.05, 0.1) is 23.4 Å². The van der Waals surface area contributed by atoms with E-state index in [0.29, 0.717) is 17.1 Å². The maximum Gasteiger partial charge on any atom is 0.243 e. The maximum atomic E-state index is 12.9. The molecule has 7 nitrogen and oxygen atoms in total. The molecule has 3 aromatic rings. The predicted octanol–water partition coefficient (Wildman–Crippen LogP) is 3.24. The number of thiophene rings is 1. The highest BCUT2D eigenvalue weighted by atomic mass is 32.2. The molecule has 138 valence electrons. The van der Waals surface area contributed by atoms with Crippen molar-refractivity contribution in [2.75, 3.05) is 14.2 Å². The first kappa shape index (κ1) is 18.6. The summed E-state index contributed by atoms with van der Waals surface area (Å²) < 4.78 is 37.5. The highest BCUT2D eigenvalue weighted by molar-refractivity contribution is 7.89. The first-order valence-electron chi connectivity index (χ1n) is 7.81. The molecule has 0 atom stereocenters. The van der Waals surface area contributed by atoms with Crippen LogP contribution < -0.4 is 4.74 Å². The summed E-state index contributed by atoms with van der Waals surface area (Å²) in [5, 5.41) is 5.82. The van der Waals surface area contributed by atoms with Crippen molar-refractivity contribution in [2.24, 2.45) is 0 Å². The van der Waals surface area contributed by atoms with Gasteiger partial charge in [0.1, 0.15) is 5.75 Å². The van der Waals surface area contributed by atoms with Crippen molar-refractivity contribution in [3.8, 4) is 16.5 Å². The van der Waals surface area contributed by atoms with Crippen LogP contribution in [-0.2, 0) is 16.6 Å². The average molecular weight is 393 g/mol. The molecule has 0 N–H and O–H groups in total. The van der Waals surface area contributed by atoms with E-state index in [2.05, 4.69) is 10.1 Å². The Morgan fingerprint density at radius 3 is 2.65 bits per heavy atom. The van der Waals surface area contributed by atoms with Crippen molar-refractivity contribution in [2.45, 2.75) is 25.3 Å². The van der Waals surface area contributed by atoms with Gasteiger partial charge in [-0.15, -0.1) is 11.3 Å². The van der Waals surface area contributed by atoms with Crippen LogP contribution in [0.15, 0.2) is 39.1 Å². The predicted molar refractivity (Wildman–Crippen MR) is 98.7 cm³/mol. The number of ether oxygens (including phenoxy) is 1. The van der Waals surface area contributed by atoms with E-state index >= 15 is 0 Å². The number of hydrogen-bond acceptors (Lipinski definition) is 7. The summed E-state index contributed by atoms with van der Waals surface area (Å²) in [5.41, 5.74) is 1.45. The third-order valence-corrected chi connectivity index (χ3v) is 6.98. The Hall–Kier alpha value is -2.23. The van der Waals surface area contributed by atoms with Crippen molar-refractivity contribution in [1.29, 1.82) is 0 Å². The summed E-state index contributed by atoms with van der Waals surface area (Å²) in [6.07, 6.45) is 0. The summed E-state index contributed by atoms with van der Waals surface area (Å²) in [6.45, 7) is 3.59. The minimum Gasteiger partial charge on any atom is -0.496 e. The van der Waals surface area contributed by atoms with E-state index in [9.17, 15) is 8.42 Å². The van der Waals surface area contributed by atoms with Crippen molar-refractivity contribution in [3.63, 3.8) is 0 Å². The second-order valence-electron chi connectivity index (χ2n) is 5.77. The van der Waals surface area contributed by atoms with Gasteiger partial charge >= 0.3 is 0 Å². The molecule has 1 aromatic carbocycles. The smallest absolute Gasteiger partial charge is 0.243 e. The highest BCUT2D eigenvalue weighted by Crippen LogP contribution is 2.29. The van der Waals surface area contributed by atoms with Gasteiger partial charge in [0.2, 0.25) is 21.7 Å². The fourth-order valence-corrected chi connectivity index (χ4v) is 4.59.